The number of halogens is 1. The van der Waals surface area contributed by atoms with E-state index in [-0.39, 0.29) is 0 Å². The molecular formula is C15H20ClN3. The number of benzene rings is 1. The van der Waals surface area contributed by atoms with Crippen LogP contribution in [0.25, 0.3) is 11.0 Å². The highest BCUT2D eigenvalue weighted by Crippen LogP contribution is 2.69. The van der Waals surface area contributed by atoms with Gasteiger partial charge in [0.1, 0.15) is 0 Å². The van der Waals surface area contributed by atoms with E-state index in [0.29, 0.717) is 27.7 Å². The van der Waals surface area contributed by atoms with Crippen molar-refractivity contribution in [3.63, 3.8) is 0 Å². The Balaban J connectivity index is 2.01. The Bertz CT molecular complexity index is 641. The van der Waals surface area contributed by atoms with Crippen molar-refractivity contribution >= 4 is 28.6 Å². The molecular weight excluding hydrogens is 258 g/mol. The smallest absolute Gasteiger partial charge is 0.201 e. The molecule has 0 amide bonds. The van der Waals surface area contributed by atoms with Gasteiger partial charge < -0.3 is 10.3 Å². The first kappa shape index (κ1) is 12.8. The molecule has 0 saturated heterocycles. The zero-order valence-corrected chi connectivity index (χ0v) is 12.6. The lowest BCUT2D eigenvalue weighted by molar-refractivity contribution is 0.457. The van der Waals surface area contributed by atoms with Crippen LogP contribution >= 0.6 is 11.6 Å². The predicted octanol–water partition coefficient (Wildman–Crippen LogP) is 3.95. The van der Waals surface area contributed by atoms with Crippen LogP contribution in [-0.2, 0) is 6.54 Å². The molecule has 1 saturated carbocycles. The molecule has 1 aliphatic rings. The fourth-order valence-electron chi connectivity index (χ4n) is 3.29. The second-order valence-corrected chi connectivity index (χ2v) is 7.15. The monoisotopic (exact) mass is 277 g/mol. The number of nitrogen functional groups attached to an aromatic ring is 1. The first-order chi connectivity index (χ1) is 8.75. The van der Waals surface area contributed by atoms with Crippen LogP contribution in [-0.4, -0.2) is 9.55 Å². The molecule has 0 unspecified atom stereocenters. The van der Waals surface area contributed by atoms with Crippen LogP contribution < -0.4 is 5.73 Å². The average molecular weight is 278 g/mol. The number of nitrogens with two attached hydrogens (primary N) is 1. The standard InChI is InChI=1S/C15H20ClN3/c1-14(2)12(15(14,3)4)8-19-11-6-5-9(16)7-10(11)18-13(19)17/h5-7,12H,8H2,1-4H3,(H2,17,18). The Morgan fingerprint density at radius 3 is 2.47 bits per heavy atom. The largest absolute Gasteiger partial charge is 0.369 e. The van der Waals surface area contributed by atoms with Crippen LogP contribution in [0, 0.1) is 16.7 Å². The minimum atomic E-state index is 0.350. The van der Waals surface area contributed by atoms with Gasteiger partial charge in [0.25, 0.3) is 0 Å². The first-order valence-corrected chi connectivity index (χ1v) is 7.04. The van der Waals surface area contributed by atoms with Gasteiger partial charge in [0.05, 0.1) is 11.0 Å². The molecule has 0 atom stereocenters. The molecule has 102 valence electrons. The maximum atomic E-state index is 6.07. The number of fused-ring (bicyclic) bond motifs is 1. The fraction of sp³-hybridized carbons (Fsp3) is 0.533. The lowest BCUT2D eigenvalue weighted by Gasteiger charge is -2.08. The van der Waals surface area contributed by atoms with Crippen molar-refractivity contribution in [3.05, 3.63) is 23.2 Å². The van der Waals surface area contributed by atoms with Crippen molar-refractivity contribution in [2.45, 2.75) is 34.2 Å². The van der Waals surface area contributed by atoms with Crippen molar-refractivity contribution < 1.29 is 0 Å². The summed E-state index contributed by atoms with van der Waals surface area (Å²) in [5.74, 6) is 1.20. The highest BCUT2D eigenvalue weighted by Gasteiger charge is 2.64. The van der Waals surface area contributed by atoms with Crippen LogP contribution in [0.5, 0.6) is 0 Å². The zero-order chi connectivity index (χ0) is 14.0. The van der Waals surface area contributed by atoms with Gasteiger partial charge in [-0.25, -0.2) is 4.98 Å². The summed E-state index contributed by atoms with van der Waals surface area (Å²) in [5.41, 5.74) is 8.71. The number of rotatable bonds is 2. The molecule has 1 fully saturated rings. The quantitative estimate of drug-likeness (QED) is 0.903. The van der Waals surface area contributed by atoms with Crippen LogP contribution in [0.4, 0.5) is 5.95 Å². The van der Waals surface area contributed by atoms with Crippen LogP contribution in [0.3, 0.4) is 0 Å². The predicted molar refractivity (Wildman–Crippen MR) is 80.2 cm³/mol. The summed E-state index contributed by atoms with van der Waals surface area (Å²) in [5, 5.41) is 0.698. The lowest BCUT2D eigenvalue weighted by Crippen LogP contribution is -2.07. The number of anilines is 1. The van der Waals surface area contributed by atoms with E-state index in [2.05, 4.69) is 37.2 Å². The van der Waals surface area contributed by atoms with Crippen LogP contribution in [0.1, 0.15) is 27.7 Å². The maximum Gasteiger partial charge on any atom is 0.201 e. The zero-order valence-electron chi connectivity index (χ0n) is 11.9. The van der Waals surface area contributed by atoms with E-state index in [4.69, 9.17) is 17.3 Å². The molecule has 0 bridgehead atoms. The summed E-state index contributed by atoms with van der Waals surface area (Å²) in [7, 11) is 0. The van der Waals surface area contributed by atoms with E-state index in [1.165, 1.54) is 0 Å². The summed E-state index contributed by atoms with van der Waals surface area (Å²) in [6.07, 6.45) is 0. The van der Waals surface area contributed by atoms with E-state index in [9.17, 15) is 0 Å². The van der Waals surface area contributed by atoms with Gasteiger partial charge in [0.2, 0.25) is 5.95 Å². The van der Waals surface area contributed by atoms with E-state index < -0.39 is 0 Å². The summed E-state index contributed by atoms with van der Waals surface area (Å²) in [4.78, 5) is 4.41. The van der Waals surface area contributed by atoms with Crippen molar-refractivity contribution in [1.82, 2.24) is 9.55 Å². The lowest BCUT2D eigenvalue weighted by atomic mass is 10.0. The molecule has 4 heteroatoms. The number of hydrogen-bond donors (Lipinski definition) is 1. The minimum Gasteiger partial charge on any atom is -0.369 e. The molecule has 0 radical (unpaired) electrons. The molecule has 0 aliphatic heterocycles. The molecule has 1 aliphatic carbocycles. The Morgan fingerprint density at radius 1 is 1.26 bits per heavy atom. The Labute approximate surface area is 118 Å². The third kappa shape index (κ3) is 1.68. The van der Waals surface area contributed by atoms with Gasteiger partial charge in [0.15, 0.2) is 0 Å². The highest BCUT2D eigenvalue weighted by atomic mass is 35.5. The average Bonchev–Trinajstić information content (AvgIpc) is 2.57. The number of nitrogens with zero attached hydrogens (tertiary/aromatic N) is 2. The molecule has 1 aromatic carbocycles. The molecule has 19 heavy (non-hydrogen) atoms. The van der Waals surface area contributed by atoms with Crippen molar-refractivity contribution in [3.8, 4) is 0 Å². The SMILES string of the molecule is CC1(C)C(Cn2c(N)nc3cc(Cl)ccc32)C1(C)C. The second kappa shape index (κ2) is 3.66. The third-order valence-electron chi connectivity index (χ3n) is 5.42. The van der Waals surface area contributed by atoms with Gasteiger partial charge in [-0.2, -0.15) is 0 Å². The molecule has 1 heterocycles. The Morgan fingerprint density at radius 2 is 1.89 bits per heavy atom. The third-order valence-corrected chi connectivity index (χ3v) is 5.66. The number of aromatic nitrogens is 2. The van der Waals surface area contributed by atoms with Gasteiger partial charge in [-0.1, -0.05) is 39.3 Å². The molecule has 2 aromatic rings. The summed E-state index contributed by atoms with van der Waals surface area (Å²) in [6.45, 7) is 10.2. The van der Waals surface area contributed by atoms with Crippen LogP contribution in [0.2, 0.25) is 5.02 Å². The van der Waals surface area contributed by atoms with Gasteiger partial charge >= 0.3 is 0 Å². The molecule has 3 rings (SSSR count). The van der Waals surface area contributed by atoms with E-state index in [0.717, 1.165) is 17.6 Å². The minimum absolute atomic E-state index is 0.350. The topological polar surface area (TPSA) is 43.8 Å². The number of hydrogen-bond acceptors (Lipinski definition) is 2. The first-order valence-electron chi connectivity index (χ1n) is 6.66. The molecule has 1 aromatic heterocycles. The van der Waals surface area contributed by atoms with Crippen molar-refractivity contribution in [2.24, 2.45) is 16.7 Å². The fourth-order valence-corrected chi connectivity index (χ4v) is 3.45. The van der Waals surface area contributed by atoms with E-state index >= 15 is 0 Å². The molecule has 0 spiro atoms. The molecule has 2 N–H and O–H groups in total. The van der Waals surface area contributed by atoms with Gasteiger partial charge in [-0.3, -0.25) is 0 Å². The van der Waals surface area contributed by atoms with Crippen molar-refractivity contribution in [2.75, 3.05) is 5.73 Å². The summed E-state index contributed by atoms with van der Waals surface area (Å²) in [6, 6.07) is 5.76. The van der Waals surface area contributed by atoms with Crippen LogP contribution in [0.15, 0.2) is 18.2 Å². The number of imidazole rings is 1. The normalized spacial score (nSPS) is 20.9. The van der Waals surface area contributed by atoms with Gasteiger partial charge in [-0.05, 0) is 34.9 Å². The second-order valence-electron chi connectivity index (χ2n) is 6.71. The van der Waals surface area contributed by atoms with Gasteiger partial charge in [-0.15, -0.1) is 0 Å². The van der Waals surface area contributed by atoms with Gasteiger partial charge in [0, 0.05) is 11.6 Å². The summed E-state index contributed by atoms with van der Waals surface area (Å²) < 4.78 is 2.12. The van der Waals surface area contributed by atoms with E-state index in [1.807, 2.05) is 18.2 Å². The Kier molecular flexibility index (Phi) is 2.47. The highest BCUT2D eigenvalue weighted by molar-refractivity contribution is 6.31. The molecule has 3 nitrogen and oxygen atoms in total. The Hall–Kier alpha value is -1.22. The summed E-state index contributed by atoms with van der Waals surface area (Å²) >= 11 is 6.00. The maximum absolute atomic E-state index is 6.07. The van der Waals surface area contributed by atoms with E-state index in [1.54, 1.807) is 0 Å². The van der Waals surface area contributed by atoms with Crippen molar-refractivity contribution in [1.29, 1.82) is 0 Å².